The molecule has 1 fully saturated rings. The smallest absolute Gasteiger partial charge is 0.102 e. The maximum atomic E-state index is 10.6. The van der Waals surface area contributed by atoms with Crippen molar-refractivity contribution in [2.24, 2.45) is 12.5 Å². The summed E-state index contributed by atoms with van der Waals surface area (Å²) < 4.78 is 7.68. The molecule has 0 radical (unpaired) electrons. The summed E-state index contributed by atoms with van der Waals surface area (Å²) in [6, 6.07) is 0.377. The Morgan fingerprint density at radius 2 is 2.27 bits per heavy atom. The maximum Gasteiger partial charge on any atom is 0.102 e. The van der Waals surface area contributed by atoms with Gasteiger partial charge in [0.25, 0.3) is 0 Å². The van der Waals surface area contributed by atoms with Gasteiger partial charge in [0.1, 0.15) is 5.60 Å². The molecule has 0 amide bonds. The number of hydrogen-bond donors (Lipinski definition) is 2. The van der Waals surface area contributed by atoms with Crippen LogP contribution in [-0.2, 0) is 17.4 Å². The highest BCUT2D eigenvalue weighted by atomic mass is 16.5. The first-order valence-corrected chi connectivity index (χ1v) is 8.34. The Balaban J connectivity index is 1.82. The Labute approximate surface area is 134 Å². The van der Waals surface area contributed by atoms with Gasteiger partial charge in [-0.2, -0.15) is 5.10 Å². The Bertz CT molecular complexity index is 482. The fourth-order valence-electron chi connectivity index (χ4n) is 3.01. The van der Waals surface area contributed by atoms with E-state index < -0.39 is 5.60 Å². The van der Waals surface area contributed by atoms with Crippen LogP contribution in [0, 0.1) is 5.41 Å². The summed E-state index contributed by atoms with van der Waals surface area (Å²) in [6.45, 7) is 9.87. The number of nitrogens with zero attached hydrogens (tertiary/aromatic N) is 2. The molecule has 5 heteroatoms. The van der Waals surface area contributed by atoms with Crippen molar-refractivity contribution in [3.05, 3.63) is 18.0 Å². The van der Waals surface area contributed by atoms with E-state index in [9.17, 15) is 5.11 Å². The number of ether oxygens (including phenoxy) is 1. The zero-order valence-electron chi connectivity index (χ0n) is 14.6. The van der Waals surface area contributed by atoms with Crippen molar-refractivity contribution < 1.29 is 9.84 Å². The van der Waals surface area contributed by atoms with Gasteiger partial charge in [0.15, 0.2) is 0 Å². The van der Waals surface area contributed by atoms with Gasteiger partial charge >= 0.3 is 0 Å². The monoisotopic (exact) mass is 309 g/mol. The molecule has 1 saturated carbocycles. The molecule has 1 heterocycles. The predicted octanol–water partition coefficient (Wildman–Crippen LogP) is 2.20. The van der Waals surface area contributed by atoms with Gasteiger partial charge in [-0.05, 0) is 19.8 Å². The van der Waals surface area contributed by atoms with Crippen LogP contribution in [-0.4, -0.2) is 40.2 Å². The highest BCUT2D eigenvalue weighted by Crippen LogP contribution is 2.43. The van der Waals surface area contributed by atoms with Crippen LogP contribution in [0.4, 0.5) is 0 Å². The molecule has 1 aliphatic carbocycles. The van der Waals surface area contributed by atoms with Crippen LogP contribution >= 0.6 is 0 Å². The molecule has 2 rings (SSSR count). The van der Waals surface area contributed by atoms with E-state index in [1.165, 1.54) is 6.42 Å². The fraction of sp³-hybridized carbons (Fsp3) is 0.824. The third-order valence-corrected chi connectivity index (χ3v) is 5.01. The Kier molecular flexibility index (Phi) is 5.30. The molecule has 22 heavy (non-hydrogen) atoms. The molecule has 0 bridgehead atoms. The van der Waals surface area contributed by atoms with Crippen LogP contribution in [0.3, 0.4) is 0 Å². The normalized spacial score (nSPS) is 26.5. The molecule has 126 valence electrons. The summed E-state index contributed by atoms with van der Waals surface area (Å²) in [5, 5.41) is 18.3. The highest BCUT2D eigenvalue weighted by Gasteiger charge is 2.49. The molecule has 0 aliphatic heterocycles. The van der Waals surface area contributed by atoms with Crippen LogP contribution < -0.4 is 5.32 Å². The van der Waals surface area contributed by atoms with E-state index in [4.69, 9.17) is 4.74 Å². The number of aromatic nitrogens is 2. The van der Waals surface area contributed by atoms with Gasteiger partial charge in [0.2, 0.25) is 0 Å². The van der Waals surface area contributed by atoms with E-state index in [0.717, 1.165) is 25.0 Å². The molecule has 0 aromatic carbocycles. The number of nitrogens with one attached hydrogen (secondary N) is 1. The van der Waals surface area contributed by atoms with Gasteiger partial charge < -0.3 is 15.2 Å². The van der Waals surface area contributed by atoms with E-state index >= 15 is 0 Å². The molecule has 2 N–H and O–H groups in total. The van der Waals surface area contributed by atoms with Gasteiger partial charge in [-0.15, -0.1) is 0 Å². The summed E-state index contributed by atoms with van der Waals surface area (Å²) in [4.78, 5) is 0. The molecule has 1 aromatic heterocycles. The lowest BCUT2D eigenvalue weighted by Gasteiger charge is -2.52. The van der Waals surface area contributed by atoms with Gasteiger partial charge in [0, 0.05) is 43.4 Å². The Hall–Kier alpha value is -0.910. The average Bonchev–Trinajstić information content (AvgIpc) is 2.88. The van der Waals surface area contributed by atoms with Crippen molar-refractivity contribution in [1.29, 1.82) is 0 Å². The quantitative estimate of drug-likeness (QED) is 0.723. The summed E-state index contributed by atoms with van der Waals surface area (Å²) in [5.41, 5.74) is 0.0485. The standard InChI is InChI=1S/C17H31N3O2/c1-6-7-8-22-15-9-14(16(15,2)3)18-12-17(4,21)13-10-19-20(5)11-13/h10-11,14-15,18,21H,6-9,12H2,1-5H3. The van der Waals surface area contributed by atoms with Crippen LogP contribution in [0.25, 0.3) is 0 Å². The minimum atomic E-state index is -0.904. The first-order chi connectivity index (χ1) is 10.3. The number of unbranched alkanes of at least 4 members (excludes halogenated alkanes) is 1. The second kappa shape index (κ2) is 6.69. The zero-order chi connectivity index (χ0) is 16.4. The number of rotatable bonds is 8. The first-order valence-electron chi connectivity index (χ1n) is 8.34. The maximum absolute atomic E-state index is 10.6. The van der Waals surface area contributed by atoms with E-state index in [1.807, 2.05) is 20.2 Å². The molecule has 0 spiro atoms. The molecule has 0 saturated heterocycles. The molecular weight excluding hydrogens is 278 g/mol. The van der Waals surface area contributed by atoms with E-state index in [2.05, 4.69) is 31.2 Å². The summed E-state index contributed by atoms with van der Waals surface area (Å²) in [6.07, 6.45) is 7.22. The summed E-state index contributed by atoms with van der Waals surface area (Å²) in [7, 11) is 1.86. The van der Waals surface area contributed by atoms with Crippen molar-refractivity contribution in [3.8, 4) is 0 Å². The third-order valence-electron chi connectivity index (χ3n) is 5.01. The summed E-state index contributed by atoms with van der Waals surface area (Å²) in [5.74, 6) is 0. The fourth-order valence-corrected chi connectivity index (χ4v) is 3.01. The molecule has 5 nitrogen and oxygen atoms in total. The van der Waals surface area contributed by atoms with Crippen molar-refractivity contribution in [3.63, 3.8) is 0 Å². The van der Waals surface area contributed by atoms with Crippen molar-refractivity contribution >= 4 is 0 Å². The average molecular weight is 309 g/mol. The zero-order valence-corrected chi connectivity index (χ0v) is 14.6. The van der Waals surface area contributed by atoms with Gasteiger partial charge in [0.05, 0.1) is 12.3 Å². The number of hydrogen-bond acceptors (Lipinski definition) is 4. The lowest BCUT2D eigenvalue weighted by Crippen LogP contribution is -2.62. The largest absolute Gasteiger partial charge is 0.384 e. The summed E-state index contributed by atoms with van der Waals surface area (Å²) >= 11 is 0. The van der Waals surface area contributed by atoms with E-state index in [0.29, 0.717) is 18.7 Å². The molecule has 1 aliphatic rings. The van der Waals surface area contributed by atoms with Crippen LogP contribution in [0.2, 0.25) is 0 Å². The predicted molar refractivity (Wildman–Crippen MR) is 87.6 cm³/mol. The molecule has 1 aromatic rings. The Morgan fingerprint density at radius 1 is 1.55 bits per heavy atom. The number of aliphatic hydroxyl groups is 1. The van der Waals surface area contributed by atoms with E-state index in [-0.39, 0.29) is 5.41 Å². The van der Waals surface area contributed by atoms with Gasteiger partial charge in [-0.25, -0.2) is 0 Å². The first kappa shape index (κ1) is 17.4. The van der Waals surface area contributed by atoms with Crippen LogP contribution in [0.15, 0.2) is 12.4 Å². The van der Waals surface area contributed by atoms with Crippen LogP contribution in [0.1, 0.15) is 52.5 Å². The second-order valence-corrected chi connectivity index (χ2v) is 7.38. The van der Waals surface area contributed by atoms with E-state index in [1.54, 1.807) is 10.9 Å². The SMILES string of the molecule is CCCCOC1CC(NCC(C)(O)c2cnn(C)c2)C1(C)C. The van der Waals surface area contributed by atoms with Crippen molar-refractivity contribution in [1.82, 2.24) is 15.1 Å². The minimum Gasteiger partial charge on any atom is -0.384 e. The lowest BCUT2D eigenvalue weighted by molar-refractivity contribution is -0.121. The highest BCUT2D eigenvalue weighted by molar-refractivity contribution is 5.15. The molecular formula is C17H31N3O2. The number of aryl methyl sites for hydroxylation is 1. The third kappa shape index (κ3) is 3.70. The topological polar surface area (TPSA) is 59.3 Å². The van der Waals surface area contributed by atoms with Crippen LogP contribution in [0.5, 0.6) is 0 Å². The second-order valence-electron chi connectivity index (χ2n) is 7.38. The molecule has 3 atom stereocenters. The van der Waals surface area contributed by atoms with Gasteiger partial charge in [-0.3, -0.25) is 4.68 Å². The Morgan fingerprint density at radius 3 is 2.82 bits per heavy atom. The molecule has 3 unspecified atom stereocenters. The van der Waals surface area contributed by atoms with Crippen molar-refractivity contribution in [2.75, 3.05) is 13.2 Å². The van der Waals surface area contributed by atoms with Crippen molar-refractivity contribution in [2.45, 2.75) is 64.7 Å². The lowest BCUT2D eigenvalue weighted by atomic mass is 9.64. The minimum absolute atomic E-state index is 0.110. The van der Waals surface area contributed by atoms with Gasteiger partial charge in [-0.1, -0.05) is 27.2 Å².